The first-order valence-corrected chi connectivity index (χ1v) is 10.1. The molecular weight excluding hydrogens is 378 g/mol. The number of hydrogen-bond donors (Lipinski definition) is 2. The van der Waals surface area contributed by atoms with Gasteiger partial charge >= 0.3 is 0 Å². The number of carbonyl (C=O) groups excluding carboxylic acids is 1. The second-order valence-corrected chi connectivity index (χ2v) is 8.20. The average molecular weight is 400 g/mol. The van der Waals surface area contributed by atoms with Gasteiger partial charge in [-0.15, -0.1) is 22.9 Å². The molecule has 0 spiro atoms. The van der Waals surface area contributed by atoms with Crippen molar-refractivity contribution in [3.8, 4) is 11.3 Å². The van der Waals surface area contributed by atoms with E-state index in [0.717, 1.165) is 27.8 Å². The van der Waals surface area contributed by atoms with Crippen molar-refractivity contribution in [1.82, 2.24) is 4.98 Å². The predicted molar refractivity (Wildman–Crippen MR) is 115 cm³/mol. The third-order valence-corrected chi connectivity index (χ3v) is 5.62. The number of rotatable bonds is 6. The summed E-state index contributed by atoms with van der Waals surface area (Å²) in [5.74, 6) is 0.176. The Morgan fingerprint density at radius 1 is 1.07 bits per heavy atom. The van der Waals surface area contributed by atoms with Gasteiger partial charge in [0.1, 0.15) is 0 Å². The van der Waals surface area contributed by atoms with Gasteiger partial charge in [0, 0.05) is 28.2 Å². The van der Waals surface area contributed by atoms with Crippen molar-refractivity contribution < 1.29 is 4.79 Å². The van der Waals surface area contributed by atoms with Crippen LogP contribution in [0.1, 0.15) is 19.4 Å². The smallest absolute Gasteiger partial charge is 0.231 e. The molecule has 1 amide bonds. The molecule has 0 aliphatic heterocycles. The summed E-state index contributed by atoms with van der Waals surface area (Å²) >= 11 is 7.41. The zero-order valence-corrected chi connectivity index (χ0v) is 17.1. The molecule has 140 valence electrons. The minimum atomic E-state index is -0.605. The molecule has 0 bridgehead atoms. The summed E-state index contributed by atoms with van der Waals surface area (Å²) in [6.07, 6.45) is 0. The Hall–Kier alpha value is -2.37. The molecule has 4 nitrogen and oxygen atoms in total. The lowest BCUT2D eigenvalue weighted by Crippen LogP contribution is -2.32. The fourth-order valence-corrected chi connectivity index (χ4v) is 3.17. The van der Waals surface area contributed by atoms with Crippen molar-refractivity contribution >= 4 is 45.4 Å². The van der Waals surface area contributed by atoms with Gasteiger partial charge in [-0.25, -0.2) is 4.98 Å². The number of aryl methyl sites for hydroxylation is 1. The van der Waals surface area contributed by atoms with Crippen LogP contribution in [0.3, 0.4) is 0 Å². The highest BCUT2D eigenvalue weighted by Crippen LogP contribution is 2.28. The molecule has 1 heterocycles. The molecule has 27 heavy (non-hydrogen) atoms. The number of benzene rings is 2. The Balaban J connectivity index is 1.68. The van der Waals surface area contributed by atoms with Crippen molar-refractivity contribution in [1.29, 1.82) is 0 Å². The van der Waals surface area contributed by atoms with E-state index in [4.69, 9.17) is 11.6 Å². The van der Waals surface area contributed by atoms with Crippen molar-refractivity contribution in [3.63, 3.8) is 0 Å². The van der Waals surface area contributed by atoms with E-state index in [2.05, 4.69) is 34.7 Å². The molecule has 0 atom stereocenters. The lowest BCUT2D eigenvalue weighted by atomic mass is 9.95. The first-order valence-electron chi connectivity index (χ1n) is 8.64. The van der Waals surface area contributed by atoms with E-state index >= 15 is 0 Å². The Morgan fingerprint density at radius 2 is 1.70 bits per heavy atom. The molecule has 3 aromatic rings. The normalized spacial score (nSPS) is 11.3. The molecule has 0 fully saturated rings. The van der Waals surface area contributed by atoms with Gasteiger partial charge in [0.05, 0.1) is 11.1 Å². The lowest BCUT2D eigenvalue weighted by Gasteiger charge is -2.20. The van der Waals surface area contributed by atoms with E-state index in [9.17, 15) is 4.79 Å². The molecule has 0 aliphatic carbocycles. The second-order valence-electron chi connectivity index (χ2n) is 7.08. The summed E-state index contributed by atoms with van der Waals surface area (Å²) in [7, 11) is 0. The molecule has 6 heteroatoms. The van der Waals surface area contributed by atoms with Crippen molar-refractivity contribution in [2.24, 2.45) is 5.41 Å². The van der Waals surface area contributed by atoms with Gasteiger partial charge in [-0.1, -0.05) is 29.8 Å². The largest absolute Gasteiger partial charge is 0.332 e. The van der Waals surface area contributed by atoms with Crippen molar-refractivity contribution in [3.05, 3.63) is 59.5 Å². The molecule has 0 unspecified atom stereocenters. The number of anilines is 3. The topological polar surface area (TPSA) is 54.0 Å². The summed E-state index contributed by atoms with van der Waals surface area (Å²) in [4.78, 5) is 16.8. The Kier molecular flexibility index (Phi) is 5.82. The summed E-state index contributed by atoms with van der Waals surface area (Å²) in [6.45, 7) is 5.71. The Labute approximate surface area is 168 Å². The standard InChI is InChI=1S/C21H22ClN3OS/c1-14-4-8-17(9-5-14)24-20-25-18(12-27-20)15-6-10-16(11-7-15)23-19(26)21(2,3)13-22/h4-12H,13H2,1-3H3,(H,23,26)(H,24,25). The first kappa shape index (κ1) is 19.4. The second kappa shape index (κ2) is 8.11. The summed E-state index contributed by atoms with van der Waals surface area (Å²) in [6, 6.07) is 15.9. The number of hydrogen-bond acceptors (Lipinski definition) is 4. The van der Waals surface area contributed by atoms with E-state index in [1.165, 1.54) is 5.56 Å². The van der Waals surface area contributed by atoms with E-state index in [-0.39, 0.29) is 11.8 Å². The highest BCUT2D eigenvalue weighted by atomic mass is 35.5. The molecule has 1 aromatic heterocycles. The van der Waals surface area contributed by atoms with Crippen LogP contribution in [0.2, 0.25) is 0 Å². The van der Waals surface area contributed by atoms with Crippen LogP contribution < -0.4 is 10.6 Å². The summed E-state index contributed by atoms with van der Waals surface area (Å²) in [5, 5.41) is 9.08. The highest BCUT2D eigenvalue weighted by molar-refractivity contribution is 7.14. The number of amides is 1. The summed E-state index contributed by atoms with van der Waals surface area (Å²) < 4.78 is 0. The van der Waals surface area contributed by atoms with Crippen molar-refractivity contribution in [2.75, 3.05) is 16.5 Å². The maximum atomic E-state index is 12.2. The van der Waals surface area contributed by atoms with Crippen LogP contribution >= 0.6 is 22.9 Å². The minimum absolute atomic E-state index is 0.0940. The number of thiazole rings is 1. The average Bonchev–Trinajstić information content (AvgIpc) is 3.12. The molecular formula is C21H22ClN3OS. The predicted octanol–water partition coefficient (Wildman–Crippen LogP) is 6.07. The number of nitrogens with zero attached hydrogens (tertiary/aromatic N) is 1. The Morgan fingerprint density at radius 3 is 2.33 bits per heavy atom. The first-order chi connectivity index (χ1) is 12.9. The number of carbonyl (C=O) groups is 1. The molecule has 2 aromatic carbocycles. The molecule has 2 N–H and O–H groups in total. The highest BCUT2D eigenvalue weighted by Gasteiger charge is 2.26. The van der Waals surface area contributed by atoms with E-state index in [0.29, 0.717) is 0 Å². The van der Waals surface area contributed by atoms with Crippen LogP contribution in [0.25, 0.3) is 11.3 Å². The van der Waals surface area contributed by atoms with Crippen LogP contribution in [0.5, 0.6) is 0 Å². The van der Waals surface area contributed by atoms with Gasteiger partial charge in [-0.05, 0) is 45.0 Å². The van der Waals surface area contributed by atoms with Gasteiger partial charge in [-0.2, -0.15) is 0 Å². The van der Waals surface area contributed by atoms with Crippen LogP contribution in [-0.4, -0.2) is 16.8 Å². The van der Waals surface area contributed by atoms with Gasteiger partial charge in [0.2, 0.25) is 5.91 Å². The van der Waals surface area contributed by atoms with Crippen molar-refractivity contribution in [2.45, 2.75) is 20.8 Å². The number of alkyl halides is 1. The van der Waals surface area contributed by atoms with E-state index in [1.54, 1.807) is 11.3 Å². The lowest BCUT2D eigenvalue weighted by molar-refractivity contribution is -0.122. The zero-order valence-electron chi connectivity index (χ0n) is 15.5. The Bertz CT molecular complexity index is 917. The zero-order chi connectivity index (χ0) is 19.4. The van der Waals surface area contributed by atoms with Gasteiger partial charge in [0.15, 0.2) is 5.13 Å². The molecule has 0 saturated carbocycles. The maximum absolute atomic E-state index is 12.2. The van der Waals surface area contributed by atoms with E-state index in [1.807, 2.05) is 55.6 Å². The number of halogens is 1. The molecule has 3 rings (SSSR count). The minimum Gasteiger partial charge on any atom is -0.332 e. The maximum Gasteiger partial charge on any atom is 0.231 e. The van der Waals surface area contributed by atoms with Gasteiger partial charge in [0.25, 0.3) is 0 Å². The fraction of sp³-hybridized carbons (Fsp3) is 0.238. The van der Waals surface area contributed by atoms with E-state index < -0.39 is 5.41 Å². The SMILES string of the molecule is Cc1ccc(Nc2nc(-c3ccc(NC(=O)C(C)(C)CCl)cc3)cs2)cc1. The molecule has 0 saturated heterocycles. The van der Waals surface area contributed by atoms with Gasteiger partial charge < -0.3 is 10.6 Å². The van der Waals surface area contributed by atoms with Gasteiger partial charge in [-0.3, -0.25) is 4.79 Å². The van der Waals surface area contributed by atoms with Crippen LogP contribution in [-0.2, 0) is 4.79 Å². The van der Waals surface area contributed by atoms with Crippen LogP contribution in [0, 0.1) is 12.3 Å². The molecule has 0 aliphatic rings. The van der Waals surface area contributed by atoms with Crippen LogP contribution in [0.15, 0.2) is 53.9 Å². The third kappa shape index (κ3) is 4.87. The number of nitrogens with one attached hydrogen (secondary N) is 2. The van der Waals surface area contributed by atoms with Crippen LogP contribution in [0.4, 0.5) is 16.5 Å². The monoisotopic (exact) mass is 399 g/mol. The number of aromatic nitrogens is 1. The molecule has 0 radical (unpaired) electrons. The summed E-state index contributed by atoms with van der Waals surface area (Å²) in [5.41, 5.74) is 4.27. The third-order valence-electron chi connectivity index (χ3n) is 4.19. The fourth-order valence-electron chi connectivity index (χ4n) is 2.31. The quantitative estimate of drug-likeness (QED) is 0.495.